The van der Waals surface area contributed by atoms with Crippen molar-refractivity contribution in [3.8, 4) is 11.8 Å². The third-order valence-electron chi connectivity index (χ3n) is 2.75. The van der Waals surface area contributed by atoms with E-state index in [9.17, 15) is 0 Å². The van der Waals surface area contributed by atoms with E-state index in [4.69, 9.17) is 0 Å². The normalized spacial score (nSPS) is 10.1. The fourth-order valence-electron chi connectivity index (χ4n) is 1.69. The van der Waals surface area contributed by atoms with Crippen molar-refractivity contribution in [1.29, 1.82) is 0 Å². The molecule has 1 nitrogen and oxygen atoms in total. The Morgan fingerprint density at radius 3 is 2.53 bits per heavy atom. The maximum absolute atomic E-state index is 3.22. The Kier molecular flexibility index (Phi) is 7.18. The number of benzene rings is 1. The smallest absolute Gasteiger partial charge is 0.0602 e. The van der Waals surface area contributed by atoms with E-state index < -0.39 is 0 Å². The number of hydrogen-bond donors (Lipinski definition) is 0. The fraction of sp³-hybridized carbons (Fsp3) is 0.500. The van der Waals surface area contributed by atoms with E-state index in [2.05, 4.69) is 30.7 Å². The minimum Gasteiger partial charge on any atom is -0.295 e. The van der Waals surface area contributed by atoms with Gasteiger partial charge in [-0.25, -0.2) is 0 Å². The molecular weight excluding hydrogens is 206 g/mol. The van der Waals surface area contributed by atoms with Gasteiger partial charge in [0.25, 0.3) is 0 Å². The molecule has 0 unspecified atom stereocenters. The number of hydrogen-bond acceptors (Lipinski definition) is 1. The molecule has 0 aliphatic rings. The van der Waals surface area contributed by atoms with Gasteiger partial charge in [-0.05, 0) is 32.1 Å². The van der Waals surface area contributed by atoms with Gasteiger partial charge in [0.05, 0.1) is 6.54 Å². The Balaban J connectivity index is 2.19. The molecule has 0 heterocycles. The van der Waals surface area contributed by atoms with Crippen LogP contribution < -0.4 is 0 Å². The lowest BCUT2D eigenvalue weighted by molar-refractivity contribution is 0.362. The monoisotopic (exact) mass is 229 g/mol. The van der Waals surface area contributed by atoms with E-state index in [-0.39, 0.29) is 0 Å². The van der Waals surface area contributed by atoms with Gasteiger partial charge in [-0.15, -0.1) is 0 Å². The first-order valence-corrected chi connectivity index (χ1v) is 6.55. The van der Waals surface area contributed by atoms with E-state index in [1.165, 1.54) is 25.7 Å². The first-order chi connectivity index (χ1) is 8.33. The predicted molar refractivity (Wildman–Crippen MR) is 75.0 cm³/mol. The molecule has 92 valence electrons. The maximum atomic E-state index is 3.22. The second kappa shape index (κ2) is 8.84. The zero-order valence-corrected chi connectivity index (χ0v) is 11.1. The molecule has 0 bridgehead atoms. The summed E-state index contributed by atoms with van der Waals surface area (Å²) < 4.78 is 0. The zero-order valence-electron chi connectivity index (χ0n) is 11.1. The molecule has 0 saturated carbocycles. The van der Waals surface area contributed by atoms with Crippen molar-refractivity contribution in [3.63, 3.8) is 0 Å². The Labute approximate surface area is 106 Å². The molecule has 0 atom stereocenters. The highest BCUT2D eigenvalue weighted by molar-refractivity contribution is 5.33. The summed E-state index contributed by atoms with van der Waals surface area (Å²) in [6.07, 6.45) is 5.28. The molecule has 1 aromatic rings. The van der Waals surface area contributed by atoms with Crippen LogP contribution in [0.3, 0.4) is 0 Å². The first-order valence-electron chi connectivity index (χ1n) is 6.55. The summed E-state index contributed by atoms with van der Waals surface area (Å²) in [5.74, 6) is 6.40. The summed E-state index contributed by atoms with van der Waals surface area (Å²) in [6, 6.07) is 10.2. The first kappa shape index (κ1) is 13.8. The molecule has 0 spiro atoms. The van der Waals surface area contributed by atoms with Crippen molar-refractivity contribution < 1.29 is 0 Å². The van der Waals surface area contributed by atoms with Crippen LogP contribution in [-0.4, -0.2) is 25.0 Å². The zero-order chi connectivity index (χ0) is 12.3. The SMILES string of the molecule is CCCCCCN(C)CC#Cc1ccccc1. The highest BCUT2D eigenvalue weighted by Crippen LogP contribution is 2.00. The average molecular weight is 229 g/mol. The lowest BCUT2D eigenvalue weighted by atomic mass is 10.2. The van der Waals surface area contributed by atoms with Crippen LogP contribution in [0.1, 0.15) is 38.2 Å². The molecule has 1 heteroatoms. The predicted octanol–water partition coefficient (Wildman–Crippen LogP) is 3.55. The topological polar surface area (TPSA) is 3.24 Å². The van der Waals surface area contributed by atoms with E-state index in [0.717, 1.165) is 18.7 Å². The fourth-order valence-corrected chi connectivity index (χ4v) is 1.69. The molecule has 0 amide bonds. The summed E-state index contributed by atoms with van der Waals surface area (Å²) in [5, 5.41) is 0. The maximum Gasteiger partial charge on any atom is 0.0602 e. The molecule has 0 radical (unpaired) electrons. The van der Waals surface area contributed by atoms with Crippen LogP contribution in [0.15, 0.2) is 30.3 Å². The second-order valence-corrected chi connectivity index (χ2v) is 4.47. The molecule has 1 rings (SSSR count). The number of unbranched alkanes of at least 4 members (excludes halogenated alkanes) is 3. The third kappa shape index (κ3) is 6.81. The molecule has 0 aliphatic carbocycles. The standard InChI is InChI=1S/C16H23N/c1-3-4-5-9-14-17(2)15-10-13-16-11-7-6-8-12-16/h6-8,11-12H,3-5,9,14-15H2,1-2H3. The van der Waals surface area contributed by atoms with Gasteiger partial charge in [-0.1, -0.05) is 56.2 Å². The van der Waals surface area contributed by atoms with Crippen molar-refractivity contribution in [2.24, 2.45) is 0 Å². The quantitative estimate of drug-likeness (QED) is 0.532. The minimum atomic E-state index is 0.862. The van der Waals surface area contributed by atoms with Crippen molar-refractivity contribution >= 4 is 0 Å². The van der Waals surface area contributed by atoms with E-state index in [1.54, 1.807) is 0 Å². The van der Waals surface area contributed by atoms with Crippen LogP contribution >= 0.6 is 0 Å². The van der Waals surface area contributed by atoms with Gasteiger partial charge in [0.1, 0.15) is 0 Å². The summed E-state index contributed by atoms with van der Waals surface area (Å²) in [7, 11) is 2.14. The molecule has 1 aromatic carbocycles. The van der Waals surface area contributed by atoms with E-state index in [1.807, 2.05) is 30.3 Å². The van der Waals surface area contributed by atoms with E-state index in [0.29, 0.717) is 0 Å². The van der Waals surface area contributed by atoms with Crippen LogP contribution in [0, 0.1) is 11.8 Å². The molecule has 0 aromatic heterocycles. The highest BCUT2D eigenvalue weighted by atomic mass is 15.1. The number of nitrogens with zero attached hydrogens (tertiary/aromatic N) is 1. The van der Waals surface area contributed by atoms with Gasteiger partial charge in [0.2, 0.25) is 0 Å². The van der Waals surface area contributed by atoms with Crippen molar-refractivity contribution in [2.45, 2.75) is 32.6 Å². The Bertz CT molecular complexity index is 345. The molecule has 17 heavy (non-hydrogen) atoms. The van der Waals surface area contributed by atoms with E-state index >= 15 is 0 Å². The van der Waals surface area contributed by atoms with Gasteiger partial charge in [0, 0.05) is 5.56 Å². The lowest BCUT2D eigenvalue weighted by Crippen LogP contribution is -2.19. The minimum absolute atomic E-state index is 0.862. The summed E-state index contributed by atoms with van der Waals surface area (Å²) >= 11 is 0. The highest BCUT2D eigenvalue weighted by Gasteiger charge is 1.94. The molecule has 0 saturated heterocycles. The van der Waals surface area contributed by atoms with Crippen molar-refractivity contribution in [2.75, 3.05) is 20.1 Å². The van der Waals surface area contributed by atoms with Gasteiger partial charge in [-0.2, -0.15) is 0 Å². The molecule has 0 fully saturated rings. The van der Waals surface area contributed by atoms with Crippen LogP contribution in [0.4, 0.5) is 0 Å². The summed E-state index contributed by atoms with van der Waals surface area (Å²) in [5.41, 5.74) is 1.10. The molecule has 0 N–H and O–H groups in total. The Morgan fingerprint density at radius 2 is 1.82 bits per heavy atom. The van der Waals surface area contributed by atoms with Crippen LogP contribution in [0.5, 0.6) is 0 Å². The summed E-state index contributed by atoms with van der Waals surface area (Å²) in [6.45, 7) is 4.26. The molecule has 0 aliphatic heterocycles. The van der Waals surface area contributed by atoms with Crippen LogP contribution in [0.25, 0.3) is 0 Å². The molecular formula is C16H23N. The number of rotatable bonds is 6. The largest absolute Gasteiger partial charge is 0.295 e. The van der Waals surface area contributed by atoms with Gasteiger partial charge >= 0.3 is 0 Å². The third-order valence-corrected chi connectivity index (χ3v) is 2.75. The van der Waals surface area contributed by atoms with Crippen molar-refractivity contribution in [1.82, 2.24) is 4.90 Å². The second-order valence-electron chi connectivity index (χ2n) is 4.47. The Hall–Kier alpha value is -1.26. The van der Waals surface area contributed by atoms with Crippen molar-refractivity contribution in [3.05, 3.63) is 35.9 Å². The lowest BCUT2D eigenvalue weighted by Gasteiger charge is -2.12. The van der Waals surface area contributed by atoms with Gasteiger partial charge in [-0.3, -0.25) is 4.90 Å². The van der Waals surface area contributed by atoms with Gasteiger partial charge < -0.3 is 0 Å². The van der Waals surface area contributed by atoms with Gasteiger partial charge in [0.15, 0.2) is 0 Å². The summed E-state index contributed by atoms with van der Waals surface area (Å²) in [4.78, 5) is 2.30. The van der Waals surface area contributed by atoms with Crippen LogP contribution in [0.2, 0.25) is 0 Å². The van der Waals surface area contributed by atoms with Crippen LogP contribution in [-0.2, 0) is 0 Å². The Morgan fingerprint density at radius 1 is 1.06 bits per heavy atom. The average Bonchev–Trinajstić information content (AvgIpc) is 2.36.